The average molecular weight is 439 g/mol. The van der Waals surface area contributed by atoms with Gasteiger partial charge < -0.3 is 15.1 Å². The highest BCUT2D eigenvalue weighted by Gasteiger charge is 2.23. The number of benzene rings is 2. The number of rotatable bonds is 4. The van der Waals surface area contributed by atoms with E-state index in [2.05, 4.69) is 15.2 Å². The smallest absolute Gasteiger partial charge is 0.255 e. The maximum absolute atomic E-state index is 13.3. The van der Waals surface area contributed by atoms with Crippen LogP contribution >= 0.6 is 11.6 Å². The minimum absolute atomic E-state index is 0.0366. The van der Waals surface area contributed by atoms with Crippen LogP contribution in [0.1, 0.15) is 20.7 Å². The second-order valence-electron chi connectivity index (χ2n) is 7.16. The number of anilines is 2. The summed E-state index contributed by atoms with van der Waals surface area (Å²) in [7, 11) is 0. The number of carbonyl (C=O) groups is 2. The van der Waals surface area contributed by atoms with Crippen LogP contribution in [-0.4, -0.2) is 47.9 Å². The second-order valence-corrected chi connectivity index (χ2v) is 7.60. The summed E-state index contributed by atoms with van der Waals surface area (Å²) < 4.78 is 13.3. The number of nitrogens with one attached hydrogen (secondary N) is 1. The summed E-state index contributed by atoms with van der Waals surface area (Å²) in [4.78, 5) is 33.2. The molecule has 1 fully saturated rings. The zero-order chi connectivity index (χ0) is 21.8. The number of amides is 2. The van der Waals surface area contributed by atoms with Crippen LogP contribution in [0.4, 0.5) is 15.9 Å². The van der Waals surface area contributed by atoms with Crippen LogP contribution in [0.2, 0.25) is 5.02 Å². The molecule has 4 rings (SSSR count). The van der Waals surface area contributed by atoms with Gasteiger partial charge in [0.05, 0.1) is 11.9 Å². The van der Waals surface area contributed by atoms with Crippen LogP contribution in [0, 0.1) is 5.82 Å². The Morgan fingerprint density at radius 2 is 1.68 bits per heavy atom. The highest BCUT2D eigenvalue weighted by molar-refractivity contribution is 6.30. The minimum Gasteiger partial charge on any atom is -0.353 e. The normalized spacial score (nSPS) is 13.7. The third-order valence-corrected chi connectivity index (χ3v) is 5.29. The van der Waals surface area contributed by atoms with Crippen molar-refractivity contribution >= 4 is 34.9 Å². The molecule has 31 heavy (non-hydrogen) atoms. The van der Waals surface area contributed by atoms with E-state index in [0.29, 0.717) is 42.5 Å². The second kappa shape index (κ2) is 9.14. The van der Waals surface area contributed by atoms with Crippen molar-refractivity contribution in [3.05, 3.63) is 88.8 Å². The molecular weight excluding hydrogens is 419 g/mol. The highest BCUT2D eigenvalue weighted by atomic mass is 35.5. The Morgan fingerprint density at radius 3 is 2.35 bits per heavy atom. The topological polar surface area (TPSA) is 65.5 Å². The molecule has 0 spiro atoms. The number of aromatic nitrogens is 1. The number of carbonyl (C=O) groups excluding carboxylic acids is 2. The summed E-state index contributed by atoms with van der Waals surface area (Å²) >= 11 is 5.99. The van der Waals surface area contributed by atoms with Crippen molar-refractivity contribution in [3.8, 4) is 0 Å². The Morgan fingerprint density at radius 1 is 0.935 bits per heavy atom. The molecule has 1 N–H and O–H groups in total. The maximum Gasteiger partial charge on any atom is 0.255 e. The standard InChI is InChI=1S/C23H20ClFN4O2/c24-18-5-1-4-17(13-18)23(31)29-11-9-28(10-12-29)21-8-7-20(15-26-21)27-22(30)16-3-2-6-19(25)14-16/h1-8,13-15H,9-12H2,(H,27,30). The van der Waals surface area contributed by atoms with Crippen molar-refractivity contribution in [1.82, 2.24) is 9.88 Å². The third-order valence-electron chi connectivity index (χ3n) is 5.05. The SMILES string of the molecule is O=C(Nc1ccc(N2CCN(C(=O)c3cccc(Cl)c3)CC2)nc1)c1cccc(F)c1. The van der Waals surface area contributed by atoms with E-state index in [0.717, 1.165) is 5.82 Å². The van der Waals surface area contributed by atoms with Gasteiger partial charge in [0.25, 0.3) is 11.8 Å². The van der Waals surface area contributed by atoms with Gasteiger partial charge in [-0.05, 0) is 48.5 Å². The number of halogens is 2. The lowest BCUT2D eigenvalue weighted by molar-refractivity contribution is 0.0746. The molecule has 0 saturated carbocycles. The molecule has 2 amide bonds. The summed E-state index contributed by atoms with van der Waals surface area (Å²) in [5, 5.41) is 3.25. The summed E-state index contributed by atoms with van der Waals surface area (Å²) in [6, 6.07) is 16.0. The predicted octanol–water partition coefficient (Wildman–Crippen LogP) is 4.09. The minimum atomic E-state index is -0.464. The van der Waals surface area contributed by atoms with Crippen molar-refractivity contribution in [3.63, 3.8) is 0 Å². The first kappa shape index (κ1) is 20.8. The van der Waals surface area contributed by atoms with Crippen LogP contribution in [0.25, 0.3) is 0 Å². The molecule has 0 bridgehead atoms. The van der Waals surface area contributed by atoms with E-state index in [1.807, 2.05) is 6.07 Å². The van der Waals surface area contributed by atoms with Gasteiger partial charge in [-0.3, -0.25) is 9.59 Å². The predicted molar refractivity (Wildman–Crippen MR) is 118 cm³/mol. The van der Waals surface area contributed by atoms with Crippen LogP contribution in [-0.2, 0) is 0 Å². The van der Waals surface area contributed by atoms with Crippen LogP contribution < -0.4 is 10.2 Å². The molecule has 3 aromatic rings. The van der Waals surface area contributed by atoms with Crippen molar-refractivity contribution in [2.45, 2.75) is 0 Å². The summed E-state index contributed by atoms with van der Waals surface area (Å²) in [6.45, 7) is 2.44. The van der Waals surface area contributed by atoms with Crippen molar-refractivity contribution < 1.29 is 14.0 Å². The third kappa shape index (κ3) is 5.00. The number of piperazine rings is 1. The Balaban J connectivity index is 1.34. The molecule has 2 heterocycles. The van der Waals surface area contributed by atoms with Gasteiger partial charge in [0.15, 0.2) is 0 Å². The van der Waals surface area contributed by atoms with Crippen molar-refractivity contribution in [2.75, 3.05) is 36.4 Å². The molecule has 1 aliphatic heterocycles. The molecule has 1 aromatic heterocycles. The van der Waals surface area contributed by atoms with E-state index >= 15 is 0 Å². The van der Waals surface area contributed by atoms with E-state index in [-0.39, 0.29) is 11.5 Å². The number of pyridine rings is 1. The molecule has 8 heteroatoms. The molecule has 0 unspecified atom stereocenters. The molecule has 1 saturated heterocycles. The fourth-order valence-electron chi connectivity index (χ4n) is 3.42. The van der Waals surface area contributed by atoms with Gasteiger partial charge in [-0.25, -0.2) is 9.37 Å². The molecule has 0 radical (unpaired) electrons. The molecule has 2 aromatic carbocycles. The van der Waals surface area contributed by atoms with Crippen LogP contribution in [0.15, 0.2) is 66.9 Å². The van der Waals surface area contributed by atoms with Crippen molar-refractivity contribution in [1.29, 1.82) is 0 Å². The highest BCUT2D eigenvalue weighted by Crippen LogP contribution is 2.19. The zero-order valence-corrected chi connectivity index (χ0v) is 17.3. The molecule has 1 aliphatic rings. The van der Waals surface area contributed by atoms with Gasteiger partial charge in [0.1, 0.15) is 11.6 Å². The van der Waals surface area contributed by atoms with Crippen molar-refractivity contribution in [2.24, 2.45) is 0 Å². The van der Waals surface area contributed by atoms with E-state index in [1.165, 1.54) is 18.2 Å². The lowest BCUT2D eigenvalue weighted by atomic mass is 10.2. The zero-order valence-electron chi connectivity index (χ0n) is 16.6. The quantitative estimate of drug-likeness (QED) is 0.666. The summed E-state index contributed by atoms with van der Waals surface area (Å²) in [6.07, 6.45) is 1.57. The first-order valence-electron chi connectivity index (χ1n) is 9.82. The van der Waals surface area contributed by atoms with E-state index in [4.69, 9.17) is 11.6 Å². The maximum atomic E-state index is 13.3. The van der Waals surface area contributed by atoms with Crippen LogP contribution in [0.3, 0.4) is 0 Å². The molecule has 6 nitrogen and oxygen atoms in total. The van der Waals surface area contributed by atoms with Gasteiger partial charge in [0, 0.05) is 42.3 Å². The van der Waals surface area contributed by atoms with Gasteiger partial charge in [-0.15, -0.1) is 0 Å². The fraction of sp³-hybridized carbons (Fsp3) is 0.174. The fourth-order valence-corrected chi connectivity index (χ4v) is 3.61. The average Bonchev–Trinajstić information content (AvgIpc) is 2.79. The Kier molecular flexibility index (Phi) is 6.13. The molecule has 0 aliphatic carbocycles. The first-order valence-corrected chi connectivity index (χ1v) is 10.2. The largest absolute Gasteiger partial charge is 0.353 e. The number of hydrogen-bond donors (Lipinski definition) is 1. The van der Waals surface area contributed by atoms with Gasteiger partial charge in [0.2, 0.25) is 0 Å². The Labute approximate surface area is 184 Å². The van der Waals surface area contributed by atoms with Gasteiger partial charge in [-0.1, -0.05) is 23.7 Å². The van der Waals surface area contributed by atoms with E-state index < -0.39 is 11.7 Å². The Hall–Kier alpha value is -3.45. The molecule has 0 atom stereocenters. The lowest BCUT2D eigenvalue weighted by Gasteiger charge is -2.35. The monoisotopic (exact) mass is 438 g/mol. The van der Waals surface area contributed by atoms with Crippen LogP contribution in [0.5, 0.6) is 0 Å². The van der Waals surface area contributed by atoms with Gasteiger partial charge >= 0.3 is 0 Å². The van der Waals surface area contributed by atoms with E-state index in [9.17, 15) is 14.0 Å². The molecule has 158 valence electrons. The summed E-state index contributed by atoms with van der Waals surface area (Å²) in [5.41, 5.74) is 1.34. The van der Waals surface area contributed by atoms with Gasteiger partial charge in [-0.2, -0.15) is 0 Å². The number of hydrogen-bond acceptors (Lipinski definition) is 4. The Bertz CT molecular complexity index is 1100. The lowest BCUT2D eigenvalue weighted by Crippen LogP contribution is -2.49. The van der Waals surface area contributed by atoms with E-state index in [1.54, 1.807) is 47.5 Å². The molecular formula is C23H20ClFN4O2. The first-order chi connectivity index (χ1) is 15.0. The summed E-state index contributed by atoms with van der Waals surface area (Å²) in [5.74, 6) is -0.138. The number of nitrogens with zero attached hydrogens (tertiary/aromatic N) is 3.